The van der Waals surface area contributed by atoms with E-state index < -0.39 is 11.4 Å². The van der Waals surface area contributed by atoms with Crippen molar-refractivity contribution in [1.29, 1.82) is 0 Å². The quantitative estimate of drug-likeness (QED) is 0.0352. The number of likely N-dealkylation sites (tertiary alicyclic amines) is 1. The van der Waals surface area contributed by atoms with Gasteiger partial charge in [-0.05, 0) is 85.5 Å². The van der Waals surface area contributed by atoms with Gasteiger partial charge in [-0.2, -0.15) is 0 Å². The van der Waals surface area contributed by atoms with E-state index in [4.69, 9.17) is 36.3 Å². The third kappa shape index (κ3) is 17.9. The van der Waals surface area contributed by atoms with Gasteiger partial charge in [0.2, 0.25) is 23.6 Å². The minimum Gasteiger partial charge on any atom is -0.379 e. The number of H-pyrrole nitrogens is 1. The van der Waals surface area contributed by atoms with Gasteiger partial charge in [0.1, 0.15) is 17.8 Å². The van der Waals surface area contributed by atoms with Crippen LogP contribution < -0.4 is 31.9 Å². The van der Waals surface area contributed by atoms with E-state index in [2.05, 4.69) is 64.0 Å². The molecule has 5 aromatic rings. The minimum absolute atomic E-state index is 0.0191. The predicted molar refractivity (Wildman–Crippen MR) is 313 cm³/mol. The van der Waals surface area contributed by atoms with Crippen molar-refractivity contribution in [3.8, 4) is 11.1 Å². The smallest absolute Gasteiger partial charge is 0.272 e. The summed E-state index contributed by atoms with van der Waals surface area (Å²) in [5, 5.41) is 13.7. The van der Waals surface area contributed by atoms with E-state index in [1.165, 1.54) is 0 Å². The summed E-state index contributed by atoms with van der Waals surface area (Å²) in [6.45, 7) is 10.8. The van der Waals surface area contributed by atoms with Crippen molar-refractivity contribution >= 4 is 63.7 Å². The zero-order valence-electron chi connectivity index (χ0n) is 47.3. The van der Waals surface area contributed by atoms with Crippen LogP contribution in [0.5, 0.6) is 0 Å². The SMILES string of the molecule is CCc1cccc(-c2cnc(C(=O)NCCOCCOCCOCCOCCC(=O)N3CCN(CC[C@H](NC(=O)C4(N)CCN(c5ncnc6[nH]ccc56)CC4)c4ccc(Cl)cc4)CC3)c(NC(=O)CNCC3CCN(C)C(=O)C3)c2)c1. The van der Waals surface area contributed by atoms with Crippen LogP contribution in [0.4, 0.5) is 11.5 Å². The van der Waals surface area contributed by atoms with Crippen molar-refractivity contribution in [2.45, 2.75) is 63.5 Å². The minimum atomic E-state index is -1.03. The Labute approximate surface area is 484 Å². The summed E-state index contributed by atoms with van der Waals surface area (Å²) in [6.07, 6.45) is 9.11. The lowest BCUT2D eigenvalue weighted by Crippen LogP contribution is -2.60. The van der Waals surface area contributed by atoms with Crippen molar-refractivity contribution in [2.24, 2.45) is 11.7 Å². The third-order valence-electron chi connectivity index (χ3n) is 15.4. The first-order valence-corrected chi connectivity index (χ1v) is 29.0. The van der Waals surface area contributed by atoms with E-state index in [0.29, 0.717) is 122 Å². The maximum atomic E-state index is 13.9. The van der Waals surface area contributed by atoms with Gasteiger partial charge < -0.3 is 65.6 Å². The van der Waals surface area contributed by atoms with Crippen molar-refractivity contribution in [3.63, 3.8) is 0 Å². The molecule has 0 spiro atoms. The van der Waals surface area contributed by atoms with Crippen LogP contribution in [0.25, 0.3) is 22.2 Å². The van der Waals surface area contributed by atoms with E-state index in [1.807, 2.05) is 59.6 Å². The number of carbonyl (C=O) groups is 5. The first kappa shape index (κ1) is 61.4. The number of piperidine rings is 2. The highest BCUT2D eigenvalue weighted by Gasteiger charge is 2.39. The molecule has 3 saturated heterocycles. The number of ether oxygens (including phenoxy) is 4. The molecule has 1 unspecified atom stereocenters. The number of hydrogen-bond donors (Lipinski definition) is 6. The number of aromatic amines is 1. The molecule has 22 nitrogen and oxygen atoms in total. The normalized spacial score (nSPS) is 17.0. The number of pyridine rings is 1. The van der Waals surface area contributed by atoms with Gasteiger partial charge in [0.05, 0.1) is 88.5 Å². The highest BCUT2D eigenvalue weighted by molar-refractivity contribution is 6.30. The second-order valence-electron chi connectivity index (χ2n) is 21.2. The average molecular weight is 1150 g/mol. The van der Waals surface area contributed by atoms with Gasteiger partial charge >= 0.3 is 0 Å². The Balaban J connectivity index is 0.650. The summed E-state index contributed by atoms with van der Waals surface area (Å²) in [4.78, 5) is 90.1. The molecule has 2 atom stereocenters. The number of amides is 5. The number of hydrogen-bond acceptors (Lipinski definition) is 16. The van der Waals surface area contributed by atoms with Crippen molar-refractivity contribution < 1.29 is 42.9 Å². The zero-order valence-corrected chi connectivity index (χ0v) is 48.1. The van der Waals surface area contributed by atoms with Gasteiger partial charge in [-0.15, -0.1) is 0 Å². The van der Waals surface area contributed by atoms with E-state index >= 15 is 0 Å². The first-order chi connectivity index (χ1) is 39.8. The molecule has 3 fully saturated rings. The van der Waals surface area contributed by atoms with Crippen LogP contribution in [-0.4, -0.2) is 202 Å². The van der Waals surface area contributed by atoms with Gasteiger partial charge in [0, 0.05) is 95.4 Å². The number of benzene rings is 2. The van der Waals surface area contributed by atoms with Gasteiger partial charge in [-0.25, -0.2) is 15.0 Å². The molecule has 6 heterocycles. The van der Waals surface area contributed by atoms with Gasteiger partial charge in [-0.3, -0.25) is 28.9 Å². The van der Waals surface area contributed by atoms with Crippen LogP contribution in [0, 0.1) is 5.92 Å². The molecule has 0 saturated carbocycles. The molecule has 7 N–H and O–H groups in total. The summed E-state index contributed by atoms with van der Waals surface area (Å²) >= 11 is 6.25. The molecule has 0 radical (unpaired) electrons. The molecular formula is C59H80ClN13O9. The van der Waals surface area contributed by atoms with E-state index in [-0.39, 0.29) is 67.4 Å². The fourth-order valence-corrected chi connectivity index (χ4v) is 10.5. The third-order valence-corrected chi connectivity index (χ3v) is 15.7. The molecule has 0 aliphatic carbocycles. The monoisotopic (exact) mass is 1150 g/mol. The molecule has 23 heteroatoms. The lowest BCUT2D eigenvalue weighted by molar-refractivity contribution is -0.134. The zero-order chi connectivity index (χ0) is 57.7. The van der Waals surface area contributed by atoms with Crippen molar-refractivity contribution in [2.75, 3.05) is 142 Å². The molecule has 0 bridgehead atoms. The van der Waals surface area contributed by atoms with Gasteiger partial charge in [-0.1, -0.05) is 54.9 Å². The summed E-state index contributed by atoms with van der Waals surface area (Å²) < 4.78 is 22.6. The Morgan fingerprint density at radius 1 is 0.841 bits per heavy atom. The Kier molecular flexibility index (Phi) is 23.3. The lowest BCUT2D eigenvalue weighted by atomic mass is 9.87. The molecule has 2 aromatic carbocycles. The summed E-state index contributed by atoms with van der Waals surface area (Å²) in [6, 6.07) is 19.1. The summed E-state index contributed by atoms with van der Waals surface area (Å²) in [5.41, 5.74) is 10.8. The molecule has 3 aliphatic heterocycles. The fraction of sp³-hybridized carbons (Fsp3) is 0.525. The number of anilines is 2. The molecule has 82 heavy (non-hydrogen) atoms. The highest BCUT2D eigenvalue weighted by Crippen LogP contribution is 2.30. The summed E-state index contributed by atoms with van der Waals surface area (Å²) in [5.74, 6) is 0.214. The fourth-order valence-electron chi connectivity index (χ4n) is 10.3. The van der Waals surface area contributed by atoms with Crippen molar-refractivity contribution in [1.82, 2.24) is 50.6 Å². The maximum Gasteiger partial charge on any atom is 0.272 e. The Morgan fingerprint density at radius 3 is 2.28 bits per heavy atom. The Bertz CT molecular complexity index is 2880. The van der Waals surface area contributed by atoms with Gasteiger partial charge in [0.15, 0.2) is 5.69 Å². The standard InChI is InChI=1S/C59H80ClN13O9/c1-3-42-5-4-6-45(35-42)46-37-50(68-51(74)40-62-38-43-12-19-70(2)53(76)36-43)54(65-39-46)57(77)64-18-28-80-30-32-82-34-33-81-31-29-79-27-14-52(75)72-25-23-71(24-26-72)20-13-49(44-7-9-47(60)10-8-44)69-58(78)59(61)15-21-73(22-16-59)56-48-11-17-63-55(48)66-41-67-56/h4-11,17,35,37,39,41,43,49,62H,3,12-16,18-34,36,38,40,61H2,1-2H3,(H,64,77)(H,68,74)(H,69,78)(H,63,66,67)/t43?,49-/m0/s1. The largest absolute Gasteiger partial charge is 0.379 e. The lowest BCUT2D eigenvalue weighted by Gasteiger charge is -2.39. The van der Waals surface area contributed by atoms with Crippen LogP contribution in [-0.2, 0) is 44.5 Å². The van der Waals surface area contributed by atoms with Crippen LogP contribution in [0.1, 0.15) is 73.1 Å². The predicted octanol–water partition coefficient (Wildman–Crippen LogP) is 4.21. The van der Waals surface area contributed by atoms with Crippen LogP contribution in [0.15, 0.2) is 79.4 Å². The number of nitrogens with zero attached hydrogens (tertiary/aromatic N) is 7. The number of nitrogens with one attached hydrogen (secondary N) is 5. The van der Waals surface area contributed by atoms with Crippen LogP contribution in [0.3, 0.4) is 0 Å². The van der Waals surface area contributed by atoms with E-state index in [9.17, 15) is 24.0 Å². The second kappa shape index (κ2) is 31.1. The second-order valence-corrected chi connectivity index (χ2v) is 21.6. The number of aryl methyl sites for hydroxylation is 1. The molecule has 3 aromatic heterocycles. The number of carbonyl (C=O) groups excluding carboxylic acids is 5. The van der Waals surface area contributed by atoms with E-state index in [0.717, 1.165) is 71.6 Å². The molecule has 5 amide bonds. The number of fused-ring (bicyclic) bond motifs is 1. The maximum absolute atomic E-state index is 13.9. The Hall–Kier alpha value is -6.63. The van der Waals surface area contributed by atoms with Crippen LogP contribution >= 0.6 is 11.6 Å². The number of aromatic nitrogens is 4. The summed E-state index contributed by atoms with van der Waals surface area (Å²) in [7, 11) is 1.80. The van der Waals surface area contributed by atoms with Gasteiger partial charge in [0.25, 0.3) is 5.91 Å². The number of nitrogens with two attached hydrogens (primary N) is 1. The number of rotatable bonds is 30. The molecular weight excluding hydrogens is 1070 g/mol. The first-order valence-electron chi connectivity index (χ1n) is 28.7. The number of piperazine rings is 1. The molecule has 8 rings (SSSR count). The average Bonchev–Trinajstić information content (AvgIpc) is 4.17. The van der Waals surface area contributed by atoms with E-state index in [1.54, 1.807) is 30.5 Å². The van der Waals surface area contributed by atoms with Crippen molar-refractivity contribution in [3.05, 3.63) is 101 Å². The Morgan fingerprint density at radius 2 is 1.56 bits per heavy atom. The number of halogens is 1. The topological polar surface area (TPSA) is 264 Å². The highest BCUT2D eigenvalue weighted by atomic mass is 35.5. The molecule has 442 valence electrons. The van der Waals surface area contributed by atoms with Crippen LogP contribution in [0.2, 0.25) is 5.02 Å². The molecule has 3 aliphatic rings.